The second-order valence-corrected chi connectivity index (χ2v) is 6.79. The summed E-state index contributed by atoms with van der Waals surface area (Å²) in [6.07, 6.45) is -0.830. The third-order valence-corrected chi connectivity index (χ3v) is 4.13. The van der Waals surface area contributed by atoms with Gasteiger partial charge in [0.1, 0.15) is 30.5 Å². The van der Waals surface area contributed by atoms with Gasteiger partial charge in [0.05, 0.1) is 6.61 Å². The number of carbonyl (C=O) groups excluding carboxylic acids is 2. The number of carboxylic acids is 1. The molecule has 1 heterocycles. The molecule has 1 fully saturated rings. The number of imide groups is 1. The Morgan fingerprint density at radius 1 is 1.26 bits per heavy atom. The van der Waals surface area contributed by atoms with Crippen LogP contribution in [0.25, 0.3) is 0 Å². The van der Waals surface area contributed by atoms with Crippen LogP contribution in [0.1, 0.15) is 31.9 Å². The minimum absolute atomic E-state index is 0.00328. The molecular formula is C18H24N2O7. The number of amides is 3. The molecule has 0 spiro atoms. The standard InChI is InChI=1S/C18H24N2O7/c1-10(2)7-14(17(24)25)20-16(23)15(19-18(20)26)11-3-5-13(6-4-11)27-9-12(22)8-21/h3-6,10,12,14-15,21-22H,7-9H2,1-2H3,(H,19,26)(H,24,25). The number of benzene rings is 1. The Morgan fingerprint density at radius 2 is 1.89 bits per heavy atom. The van der Waals surface area contributed by atoms with Gasteiger partial charge in [-0.25, -0.2) is 14.5 Å². The predicted molar refractivity (Wildman–Crippen MR) is 94.0 cm³/mol. The Morgan fingerprint density at radius 3 is 2.41 bits per heavy atom. The first-order valence-electron chi connectivity index (χ1n) is 8.62. The number of urea groups is 1. The van der Waals surface area contributed by atoms with E-state index in [2.05, 4.69) is 5.32 Å². The molecule has 1 saturated heterocycles. The number of hydrogen-bond acceptors (Lipinski definition) is 6. The normalized spacial score (nSPS) is 19.1. The van der Waals surface area contributed by atoms with E-state index in [4.69, 9.17) is 9.84 Å². The maximum atomic E-state index is 12.7. The van der Waals surface area contributed by atoms with Crippen LogP contribution in [0.2, 0.25) is 0 Å². The average molecular weight is 380 g/mol. The van der Waals surface area contributed by atoms with E-state index in [1.807, 2.05) is 13.8 Å². The van der Waals surface area contributed by atoms with Gasteiger partial charge in [0.2, 0.25) is 0 Å². The van der Waals surface area contributed by atoms with E-state index in [1.54, 1.807) is 24.3 Å². The number of aliphatic hydroxyl groups excluding tert-OH is 2. The van der Waals surface area contributed by atoms with Crippen molar-refractivity contribution in [1.29, 1.82) is 0 Å². The highest BCUT2D eigenvalue weighted by Crippen LogP contribution is 2.27. The van der Waals surface area contributed by atoms with Crippen molar-refractivity contribution < 1.29 is 34.4 Å². The summed E-state index contributed by atoms with van der Waals surface area (Å²) in [6.45, 7) is 3.13. The van der Waals surface area contributed by atoms with Crippen molar-refractivity contribution in [2.24, 2.45) is 5.92 Å². The first kappa shape index (κ1) is 20.7. The smallest absolute Gasteiger partial charge is 0.327 e. The van der Waals surface area contributed by atoms with Crippen molar-refractivity contribution >= 4 is 17.9 Å². The summed E-state index contributed by atoms with van der Waals surface area (Å²) < 4.78 is 5.29. The van der Waals surface area contributed by atoms with Crippen LogP contribution >= 0.6 is 0 Å². The average Bonchev–Trinajstić information content (AvgIpc) is 2.92. The molecule has 1 aromatic rings. The minimum atomic E-state index is -1.22. The second kappa shape index (κ2) is 8.83. The number of carboxylic acid groups (broad SMARTS) is 1. The first-order valence-corrected chi connectivity index (χ1v) is 8.62. The Hall–Kier alpha value is -2.65. The van der Waals surface area contributed by atoms with Gasteiger partial charge < -0.3 is 25.4 Å². The van der Waals surface area contributed by atoms with Gasteiger partial charge in [-0.2, -0.15) is 0 Å². The Balaban J connectivity index is 2.12. The van der Waals surface area contributed by atoms with E-state index in [1.165, 1.54) is 0 Å². The highest BCUT2D eigenvalue weighted by Gasteiger charge is 2.45. The number of carbonyl (C=O) groups is 3. The lowest BCUT2D eigenvalue weighted by Crippen LogP contribution is -2.46. The Bertz CT molecular complexity index is 689. The van der Waals surface area contributed by atoms with Crippen LogP contribution in [0.3, 0.4) is 0 Å². The SMILES string of the molecule is CC(C)CC(C(=O)O)N1C(=O)NC(c2ccc(OCC(O)CO)cc2)C1=O. The Labute approximate surface area is 156 Å². The van der Waals surface area contributed by atoms with Crippen molar-refractivity contribution in [3.8, 4) is 5.75 Å². The van der Waals surface area contributed by atoms with Crippen LogP contribution in [-0.4, -0.2) is 63.5 Å². The fraction of sp³-hybridized carbons (Fsp3) is 0.500. The predicted octanol–water partition coefficient (Wildman–Crippen LogP) is 0.511. The van der Waals surface area contributed by atoms with Gasteiger partial charge in [0, 0.05) is 0 Å². The second-order valence-electron chi connectivity index (χ2n) is 6.79. The van der Waals surface area contributed by atoms with Gasteiger partial charge in [-0.1, -0.05) is 26.0 Å². The molecule has 3 atom stereocenters. The molecule has 0 radical (unpaired) electrons. The summed E-state index contributed by atoms with van der Waals surface area (Å²) in [6, 6.07) is 3.35. The quantitative estimate of drug-likeness (QED) is 0.458. The van der Waals surface area contributed by atoms with Gasteiger partial charge in [-0.15, -0.1) is 0 Å². The lowest BCUT2D eigenvalue weighted by molar-refractivity contribution is -0.147. The van der Waals surface area contributed by atoms with E-state index >= 15 is 0 Å². The van der Waals surface area contributed by atoms with Crippen LogP contribution in [0, 0.1) is 5.92 Å². The van der Waals surface area contributed by atoms with Crippen LogP contribution in [0.5, 0.6) is 5.75 Å². The van der Waals surface area contributed by atoms with Crippen molar-refractivity contribution in [3.63, 3.8) is 0 Å². The fourth-order valence-electron chi connectivity index (χ4n) is 2.78. The van der Waals surface area contributed by atoms with E-state index in [0.29, 0.717) is 11.3 Å². The van der Waals surface area contributed by atoms with Crippen molar-refractivity contribution in [2.75, 3.05) is 13.2 Å². The molecule has 148 valence electrons. The maximum absolute atomic E-state index is 12.7. The molecule has 0 aliphatic carbocycles. The van der Waals surface area contributed by atoms with Gasteiger partial charge in [0.25, 0.3) is 5.91 Å². The molecule has 3 unspecified atom stereocenters. The molecule has 2 rings (SSSR count). The maximum Gasteiger partial charge on any atom is 0.327 e. The molecule has 1 aliphatic rings. The van der Waals surface area contributed by atoms with E-state index in [0.717, 1.165) is 4.90 Å². The topological polar surface area (TPSA) is 136 Å². The summed E-state index contributed by atoms with van der Waals surface area (Å²) in [4.78, 5) is 37.2. The van der Waals surface area contributed by atoms with E-state index in [9.17, 15) is 24.6 Å². The van der Waals surface area contributed by atoms with E-state index in [-0.39, 0.29) is 18.9 Å². The molecule has 9 nitrogen and oxygen atoms in total. The molecule has 27 heavy (non-hydrogen) atoms. The summed E-state index contributed by atoms with van der Waals surface area (Å²) in [5, 5.41) is 30.0. The highest BCUT2D eigenvalue weighted by atomic mass is 16.5. The number of nitrogens with one attached hydrogen (secondary N) is 1. The van der Waals surface area contributed by atoms with Gasteiger partial charge in [-0.3, -0.25) is 4.79 Å². The molecule has 9 heteroatoms. The zero-order valence-corrected chi connectivity index (χ0v) is 15.2. The molecule has 3 amide bonds. The van der Waals surface area contributed by atoms with Crippen molar-refractivity contribution in [2.45, 2.75) is 38.5 Å². The van der Waals surface area contributed by atoms with Crippen LogP contribution in [-0.2, 0) is 9.59 Å². The lowest BCUT2D eigenvalue weighted by atomic mass is 10.0. The number of nitrogens with zero attached hydrogens (tertiary/aromatic N) is 1. The third-order valence-electron chi connectivity index (χ3n) is 4.13. The summed E-state index contributed by atoms with van der Waals surface area (Å²) in [7, 11) is 0. The largest absolute Gasteiger partial charge is 0.491 e. The zero-order valence-electron chi connectivity index (χ0n) is 15.2. The Kier molecular flexibility index (Phi) is 6.75. The third kappa shape index (κ3) is 4.95. The molecule has 0 saturated carbocycles. The molecule has 0 aromatic heterocycles. The number of aliphatic carboxylic acids is 1. The van der Waals surface area contributed by atoms with Crippen LogP contribution in [0.15, 0.2) is 24.3 Å². The highest BCUT2D eigenvalue weighted by molar-refractivity contribution is 6.07. The fourth-order valence-corrected chi connectivity index (χ4v) is 2.78. The molecule has 0 bridgehead atoms. The van der Waals surface area contributed by atoms with Gasteiger partial charge >= 0.3 is 12.0 Å². The monoisotopic (exact) mass is 380 g/mol. The number of ether oxygens (including phenoxy) is 1. The van der Waals surface area contributed by atoms with E-state index < -0.39 is 42.7 Å². The zero-order chi connectivity index (χ0) is 20.1. The summed E-state index contributed by atoms with van der Waals surface area (Å²) >= 11 is 0. The summed E-state index contributed by atoms with van der Waals surface area (Å²) in [5.74, 6) is -1.42. The van der Waals surface area contributed by atoms with Crippen LogP contribution in [0.4, 0.5) is 4.79 Å². The summed E-state index contributed by atoms with van der Waals surface area (Å²) in [5.41, 5.74) is 0.486. The molecule has 4 N–H and O–H groups in total. The molecule has 1 aliphatic heterocycles. The molecular weight excluding hydrogens is 356 g/mol. The van der Waals surface area contributed by atoms with Crippen molar-refractivity contribution in [1.82, 2.24) is 10.2 Å². The number of hydrogen-bond donors (Lipinski definition) is 4. The van der Waals surface area contributed by atoms with Crippen LogP contribution < -0.4 is 10.1 Å². The first-order chi connectivity index (χ1) is 12.7. The molecule has 1 aromatic carbocycles. The van der Waals surface area contributed by atoms with Crippen molar-refractivity contribution in [3.05, 3.63) is 29.8 Å². The minimum Gasteiger partial charge on any atom is -0.491 e. The lowest BCUT2D eigenvalue weighted by Gasteiger charge is -2.23. The number of rotatable bonds is 9. The van der Waals surface area contributed by atoms with Gasteiger partial charge in [-0.05, 0) is 30.0 Å². The van der Waals surface area contributed by atoms with Gasteiger partial charge in [0.15, 0.2) is 0 Å². The number of aliphatic hydroxyl groups is 2.